The molecule has 0 fully saturated rings. The van der Waals surface area contributed by atoms with Crippen LogP contribution in [0.4, 0.5) is 0 Å². The van der Waals surface area contributed by atoms with Gasteiger partial charge in [-0.3, -0.25) is 0 Å². The van der Waals surface area contributed by atoms with Gasteiger partial charge in [0.1, 0.15) is 0 Å². The van der Waals surface area contributed by atoms with E-state index in [9.17, 15) is 0 Å². The number of hydrogen-bond donors (Lipinski definition) is 1. The molecule has 0 amide bonds. The third-order valence-corrected chi connectivity index (χ3v) is 2.28. The predicted molar refractivity (Wildman–Crippen MR) is 46.1 cm³/mol. The van der Waals surface area contributed by atoms with Crippen molar-refractivity contribution in [3.05, 3.63) is 0 Å². The van der Waals surface area contributed by atoms with Crippen molar-refractivity contribution in [2.75, 3.05) is 12.8 Å². The van der Waals surface area contributed by atoms with E-state index in [0.29, 0.717) is 5.25 Å². The third-order valence-electron chi connectivity index (χ3n) is 1.31. The van der Waals surface area contributed by atoms with Crippen molar-refractivity contribution in [3.63, 3.8) is 0 Å². The highest BCUT2D eigenvalue weighted by atomic mass is 32.2. The van der Waals surface area contributed by atoms with E-state index in [-0.39, 0.29) is 6.04 Å². The molecule has 0 aromatic carbocycles. The second-order valence-corrected chi connectivity index (χ2v) is 3.58. The monoisotopic (exact) mass is 158 g/mol. The van der Waals surface area contributed by atoms with Crippen LogP contribution in [0.5, 0.6) is 0 Å². The number of rotatable bonds is 4. The van der Waals surface area contributed by atoms with E-state index in [0.717, 1.165) is 6.54 Å². The highest BCUT2D eigenvalue weighted by molar-refractivity contribution is 7.99. The summed E-state index contributed by atoms with van der Waals surface area (Å²) in [6.45, 7) is 4.92. The first kappa shape index (κ1) is 9.80. The first-order valence-corrected chi connectivity index (χ1v) is 4.65. The molecule has 0 aliphatic heterocycles. The van der Waals surface area contributed by atoms with Crippen LogP contribution in [0.2, 0.25) is 0 Å². The van der Waals surface area contributed by atoms with E-state index >= 15 is 0 Å². The fraction of sp³-hybridized carbons (Fsp3) is 0.857. The second kappa shape index (κ2) is 5.57. The molecule has 2 unspecified atom stereocenters. The zero-order valence-electron chi connectivity index (χ0n) is 6.72. The smallest absolute Gasteiger partial charge is 0.0924 e. The molecule has 2 nitrogen and oxygen atoms in total. The first-order chi connectivity index (χ1) is 4.70. The summed E-state index contributed by atoms with van der Waals surface area (Å²) in [6.07, 6.45) is 2.07. The second-order valence-electron chi connectivity index (χ2n) is 2.31. The molecule has 0 radical (unpaired) electrons. The van der Waals surface area contributed by atoms with Crippen LogP contribution in [0.3, 0.4) is 0 Å². The standard InChI is InChI=1S/C7H14N2S/c1-6(4-8)9-5-7(2)10-3/h6-7,9H,5H2,1-3H3. The Balaban J connectivity index is 3.28. The lowest BCUT2D eigenvalue weighted by molar-refractivity contribution is 0.639. The lowest BCUT2D eigenvalue weighted by Crippen LogP contribution is -2.29. The van der Waals surface area contributed by atoms with Crippen LogP contribution < -0.4 is 5.32 Å². The SMILES string of the molecule is CSC(C)CNC(C)C#N. The Hall–Kier alpha value is -0.200. The highest BCUT2D eigenvalue weighted by Gasteiger charge is 2.01. The zero-order valence-corrected chi connectivity index (χ0v) is 7.53. The summed E-state index contributed by atoms with van der Waals surface area (Å²) in [5.74, 6) is 0. The van der Waals surface area contributed by atoms with Crippen molar-refractivity contribution >= 4 is 11.8 Å². The molecule has 2 atom stereocenters. The maximum absolute atomic E-state index is 8.40. The third kappa shape index (κ3) is 4.66. The maximum Gasteiger partial charge on any atom is 0.0924 e. The summed E-state index contributed by atoms with van der Waals surface area (Å²) in [6, 6.07) is 2.11. The molecule has 1 N–H and O–H groups in total. The largest absolute Gasteiger partial charge is 0.301 e. The number of thioether (sulfide) groups is 1. The van der Waals surface area contributed by atoms with Gasteiger partial charge in [0.15, 0.2) is 0 Å². The molecule has 3 heteroatoms. The number of nitrogens with zero attached hydrogens (tertiary/aromatic N) is 1. The van der Waals surface area contributed by atoms with Crippen LogP contribution in [-0.4, -0.2) is 24.1 Å². The molecule has 0 aromatic rings. The van der Waals surface area contributed by atoms with Gasteiger partial charge in [-0.25, -0.2) is 0 Å². The average molecular weight is 158 g/mol. The van der Waals surface area contributed by atoms with E-state index in [4.69, 9.17) is 5.26 Å². The van der Waals surface area contributed by atoms with E-state index < -0.39 is 0 Å². The van der Waals surface area contributed by atoms with Gasteiger partial charge in [0.2, 0.25) is 0 Å². The molecule has 0 rings (SSSR count). The minimum Gasteiger partial charge on any atom is -0.301 e. The topological polar surface area (TPSA) is 35.8 Å². The van der Waals surface area contributed by atoms with E-state index in [1.165, 1.54) is 0 Å². The summed E-state index contributed by atoms with van der Waals surface area (Å²) in [5, 5.41) is 12.1. The van der Waals surface area contributed by atoms with Crippen molar-refractivity contribution in [2.45, 2.75) is 25.1 Å². The summed E-state index contributed by atoms with van der Waals surface area (Å²) in [5.41, 5.74) is 0. The summed E-state index contributed by atoms with van der Waals surface area (Å²) >= 11 is 1.81. The Morgan fingerprint density at radius 3 is 2.60 bits per heavy atom. The van der Waals surface area contributed by atoms with Crippen LogP contribution in [0.15, 0.2) is 0 Å². The minimum absolute atomic E-state index is 0.0189. The molecule has 0 aromatic heterocycles. The molecule has 0 aliphatic carbocycles. The Bertz CT molecular complexity index is 119. The lowest BCUT2D eigenvalue weighted by Gasteiger charge is -2.10. The van der Waals surface area contributed by atoms with E-state index in [1.807, 2.05) is 6.92 Å². The van der Waals surface area contributed by atoms with Crippen molar-refractivity contribution < 1.29 is 0 Å². The normalized spacial score (nSPS) is 15.8. The van der Waals surface area contributed by atoms with Crippen molar-refractivity contribution in [1.29, 1.82) is 5.26 Å². The average Bonchev–Trinajstić information content (AvgIpc) is 1.99. The van der Waals surface area contributed by atoms with Gasteiger partial charge in [-0.05, 0) is 13.2 Å². The minimum atomic E-state index is -0.0189. The van der Waals surface area contributed by atoms with Crippen molar-refractivity contribution in [3.8, 4) is 6.07 Å². The molecule has 0 aliphatic rings. The van der Waals surface area contributed by atoms with Crippen LogP contribution in [0.25, 0.3) is 0 Å². The molecular weight excluding hydrogens is 144 g/mol. The summed E-state index contributed by atoms with van der Waals surface area (Å²) < 4.78 is 0. The molecule has 0 saturated heterocycles. The van der Waals surface area contributed by atoms with Gasteiger partial charge in [-0.2, -0.15) is 17.0 Å². The van der Waals surface area contributed by atoms with Gasteiger partial charge in [0.25, 0.3) is 0 Å². The van der Waals surface area contributed by atoms with Crippen molar-refractivity contribution in [2.24, 2.45) is 0 Å². The lowest BCUT2D eigenvalue weighted by atomic mass is 10.3. The Morgan fingerprint density at radius 2 is 2.20 bits per heavy atom. The van der Waals surface area contributed by atoms with Crippen LogP contribution in [-0.2, 0) is 0 Å². The van der Waals surface area contributed by atoms with Gasteiger partial charge in [-0.15, -0.1) is 0 Å². The van der Waals surface area contributed by atoms with Crippen LogP contribution in [0, 0.1) is 11.3 Å². The van der Waals surface area contributed by atoms with Crippen molar-refractivity contribution in [1.82, 2.24) is 5.32 Å². The number of hydrogen-bond acceptors (Lipinski definition) is 3. The molecule has 58 valence electrons. The fourth-order valence-electron chi connectivity index (χ4n) is 0.472. The Labute approximate surface area is 67.0 Å². The zero-order chi connectivity index (χ0) is 7.98. The maximum atomic E-state index is 8.40. The summed E-state index contributed by atoms with van der Waals surface area (Å²) in [4.78, 5) is 0. The number of nitriles is 1. The fourth-order valence-corrected chi connectivity index (χ4v) is 0.735. The predicted octanol–water partition coefficient (Wildman–Crippen LogP) is 1.24. The van der Waals surface area contributed by atoms with Crippen LogP contribution >= 0.6 is 11.8 Å². The van der Waals surface area contributed by atoms with E-state index in [2.05, 4.69) is 24.6 Å². The Kier molecular flexibility index (Phi) is 5.46. The number of nitrogens with one attached hydrogen (secondary N) is 1. The molecule has 10 heavy (non-hydrogen) atoms. The summed E-state index contributed by atoms with van der Waals surface area (Å²) in [7, 11) is 0. The highest BCUT2D eigenvalue weighted by Crippen LogP contribution is 2.02. The van der Waals surface area contributed by atoms with Gasteiger partial charge < -0.3 is 5.32 Å². The van der Waals surface area contributed by atoms with E-state index in [1.54, 1.807) is 11.8 Å². The van der Waals surface area contributed by atoms with Crippen LogP contribution in [0.1, 0.15) is 13.8 Å². The molecule has 0 saturated carbocycles. The van der Waals surface area contributed by atoms with Gasteiger partial charge in [-0.1, -0.05) is 6.92 Å². The van der Waals surface area contributed by atoms with Gasteiger partial charge in [0, 0.05) is 11.8 Å². The molecule has 0 spiro atoms. The Morgan fingerprint density at radius 1 is 1.60 bits per heavy atom. The van der Waals surface area contributed by atoms with Gasteiger partial charge in [0.05, 0.1) is 12.1 Å². The quantitative estimate of drug-likeness (QED) is 0.668. The molecule has 0 heterocycles. The first-order valence-electron chi connectivity index (χ1n) is 3.36. The van der Waals surface area contributed by atoms with Gasteiger partial charge >= 0.3 is 0 Å². The molecular formula is C7H14N2S. The molecule has 0 bridgehead atoms.